The molecule has 0 amide bonds. The van der Waals surface area contributed by atoms with Crippen molar-refractivity contribution < 1.29 is 15.1 Å². The van der Waals surface area contributed by atoms with Gasteiger partial charge in [-0.25, -0.2) is 0 Å². The van der Waals surface area contributed by atoms with Crippen molar-refractivity contribution in [1.29, 1.82) is 0 Å². The minimum absolute atomic E-state index is 0.0133. The molecular formula is C14H23N3O3. The van der Waals surface area contributed by atoms with Crippen LogP contribution in [-0.4, -0.2) is 36.4 Å². The van der Waals surface area contributed by atoms with Gasteiger partial charge in [-0.1, -0.05) is 25.1 Å². The van der Waals surface area contributed by atoms with E-state index < -0.39 is 0 Å². The molecule has 0 bridgehead atoms. The Hall–Kier alpha value is -1.79. The van der Waals surface area contributed by atoms with Crippen molar-refractivity contribution in [3.8, 4) is 5.75 Å². The summed E-state index contributed by atoms with van der Waals surface area (Å²) in [5.41, 5.74) is 7.00. The fourth-order valence-electron chi connectivity index (χ4n) is 1.72. The van der Waals surface area contributed by atoms with Gasteiger partial charge in [0.05, 0.1) is 12.7 Å². The predicted molar refractivity (Wildman–Crippen MR) is 78.1 cm³/mol. The number of hydrogen-bond acceptors (Lipinski definition) is 5. The summed E-state index contributed by atoms with van der Waals surface area (Å²) >= 11 is 0. The van der Waals surface area contributed by atoms with Crippen LogP contribution in [0, 0.1) is 5.41 Å². The number of methoxy groups -OCH3 is 1. The number of rotatable bonds is 7. The van der Waals surface area contributed by atoms with Gasteiger partial charge in [-0.05, 0) is 17.7 Å². The largest absolute Gasteiger partial charge is 0.496 e. The molecule has 0 saturated carbocycles. The standard InChI is InChI=1S/C14H23N3O3/c1-14(2,9-18)8-16-7-10-4-5-12(20-3)11(6-10)13(15)17-19/h4-6,16,18-19H,7-9H2,1-3H3,(H2,15,17). The Kier molecular flexibility index (Phi) is 5.79. The van der Waals surface area contributed by atoms with Crippen LogP contribution in [0.25, 0.3) is 0 Å². The number of nitrogens with two attached hydrogens (primary N) is 1. The Bertz CT molecular complexity index is 473. The minimum atomic E-state index is -0.166. The number of hydrogen-bond donors (Lipinski definition) is 4. The summed E-state index contributed by atoms with van der Waals surface area (Å²) in [5.74, 6) is 0.569. The highest BCUT2D eigenvalue weighted by atomic mass is 16.5. The molecule has 6 heteroatoms. The Labute approximate surface area is 119 Å². The second kappa shape index (κ2) is 7.12. The van der Waals surface area contributed by atoms with E-state index in [0.717, 1.165) is 5.56 Å². The maximum absolute atomic E-state index is 9.19. The SMILES string of the molecule is COc1ccc(CNCC(C)(C)CO)cc1/C(N)=N/O. The summed E-state index contributed by atoms with van der Waals surface area (Å²) in [5, 5.41) is 24.2. The quantitative estimate of drug-likeness (QED) is 0.257. The molecule has 0 spiro atoms. The van der Waals surface area contributed by atoms with Crippen LogP contribution in [-0.2, 0) is 6.54 Å². The molecule has 0 atom stereocenters. The number of benzene rings is 1. The van der Waals surface area contributed by atoms with Crippen molar-refractivity contribution in [2.45, 2.75) is 20.4 Å². The smallest absolute Gasteiger partial charge is 0.173 e. The van der Waals surface area contributed by atoms with E-state index in [1.54, 1.807) is 6.07 Å². The molecule has 0 heterocycles. The van der Waals surface area contributed by atoms with Gasteiger partial charge in [0.15, 0.2) is 5.84 Å². The molecule has 112 valence electrons. The molecule has 0 fully saturated rings. The van der Waals surface area contributed by atoms with Crippen molar-refractivity contribution in [3.05, 3.63) is 29.3 Å². The molecule has 0 saturated heterocycles. The van der Waals surface area contributed by atoms with Crippen molar-refractivity contribution in [2.75, 3.05) is 20.3 Å². The number of ether oxygens (including phenoxy) is 1. The molecule has 20 heavy (non-hydrogen) atoms. The van der Waals surface area contributed by atoms with Crippen LogP contribution in [0.2, 0.25) is 0 Å². The zero-order valence-electron chi connectivity index (χ0n) is 12.2. The lowest BCUT2D eigenvalue weighted by Crippen LogP contribution is -2.31. The van der Waals surface area contributed by atoms with Crippen molar-refractivity contribution in [2.24, 2.45) is 16.3 Å². The molecule has 6 nitrogen and oxygen atoms in total. The molecule has 5 N–H and O–H groups in total. The lowest BCUT2D eigenvalue weighted by atomic mass is 9.95. The normalized spacial score (nSPS) is 12.5. The zero-order chi connectivity index (χ0) is 15.2. The van der Waals surface area contributed by atoms with Gasteiger partial charge in [0.25, 0.3) is 0 Å². The number of aliphatic hydroxyl groups is 1. The predicted octanol–water partition coefficient (Wildman–Crippen LogP) is 0.898. The summed E-state index contributed by atoms with van der Waals surface area (Å²) < 4.78 is 5.17. The molecule has 0 unspecified atom stereocenters. The van der Waals surface area contributed by atoms with Crippen molar-refractivity contribution in [3.63, 3.8) is 0 Å². The Morgan fingerprint density at radius 1 is 1.45 bits per heavy atom. The van der Waals surface area contributed by atoms with E-state index >= 15 is 0 Å². The van der Waals surface area contributed by atoms with Crippen LogP contribution in [0.15, 0.2) is 23.4 Å². The molecule has 0 radical (unpaired) electrons. The molecule has 0 aliphatic heterocycles. The number of aliphatic hydroxyl groups excluding tert-OH is 1. The van der Waals surface area contributed by atoms with Gasteiger partial charge in [0.1, 0.15) is 5.75 Å². The lowest BCUT2D eigenvalue weighted by Gasteiger charge is -2.22. The number of amidine groups is 1. The average molecular weight is 281 g/mol. The maximum Gasteiger partial charge on any atom is 0.173 e. The Morgan fingerprint density at radius 2 is 2.15 bits per heavy atom. The first-order chi connectivity index (χ1) is 9.43. The van der Waals surface area contributed by atoms with E-state index in [4.69, 9.17) is 15.7 Å². The highest BCUT2D eigenvalue weighted by Crippen LogP contribution is 2.20. The second-order valence-corrected chi connectivity index (χ2v) is 5.45. The first kappa shape index (κ1) is 16.3. The average Bonchev–Trinajstić information content (AvgIpc) is 2.46. The molecular weight excluding hydrogens is 258 g/mol. The van der Waals surface area contributed by atoms with Gasteiger partial charge in [-0.3, -0.25) is 0 Å². The molecule has 1 aromatic carbocycles. The van der Waals surface area contributed by atoms with Crippen LogP contribution in [0.3, 0.4) is 0 Å². The molecule has 0 aromatic heterocycles. The summed E-state index contributed by atoms with van der Waals surface area (Å²) in [4.78, 5) is 0. The van der Waals surface area contributed by atoms with Gasteiger partial charge in [-0.2, -0.15) is 0 Å². The molecule has 0 aliphatic carbocycles. The van der Waals surface area contributed by atoms with Gasteiger partial charge < -0.3 is 26.1 Å². The van der Waals surface area contributed by atoms with E-state index in [1.807, 2.05) is 26.0 Å². The van der Waals surface area contributed by atoms with Gasteiger partial charge >= 0.3 is 0 Å². The zero-order valence-corrected chi connectivity index (χ0v) is 12.2. The molecule has 1 aromatic rings. The fourth-order valence-corrected chi connectivity index (χ4v) is 1.72. The van der Waals surface area contributed by atoms with Crippen LogP contribution in [0.5, 0.6) is 5.75 Å². The third-order valence-electron chi connectivity index (χ3n) is 3.01. The van der Waals surface area contributed by atoms with Crippen LogP contribution in [0.1, 0.15) is 25.0 Å². The summed E-state index contributed by atoms with van der Waals surface area (Å²) in [6.45, 7) is 5.40. The van der Waals surface area contributed by atoms with E-state index in [-0.39, 0.29) is 17.9 Å². The fraction of sp³-hybridized carbons (Fsp3) is 0.500. The topological polar surface area (TPSA) is 100 Å². The number of nitrogens with zero attached hydrogens (tertiary/aromatic N) is 1. The van der Waals surface area contributed by atoms with Gasteiger partial charge in [0.2, 0.25) is 0 Å². The summed E-state index contributed by atoms with van der Waals surface area (Å²) in [6.07, 6.45) is 0. The third-order valence-corrected chi connectivity index (χ3v) is 3.01. The summed E-state index contributed by atoms with van der Waals surface area (Å²) in [6, 6.07) is 5.50. The second-order valence-electron chi connectivity index (χ2n) is 5.45. The van der Waals surface area contributed by atoms with E-state index in [9.17, 15) is 5.11 Å². The Balaban J connectivity index is 2.78. The first-order valence-corrected chi connectivity index (χ1v) is 6.40. The Morgan fingerprint density at radius 3 is 2.70 bits per heavy atom. The van der Waals surface area contributed by atoms with Crippen LogP contribution >= 0.6 is 0 Å². The van der Waals surface area contributed by atoms with Crippen LogP contribution < -0.4 is 15.8 Å². The van der Waals surface area contributed by atoms with Crippen molar-refractivity contribution >= 4 is 5.84 Å². The van der Waals surface area contributed by atoms with E-state index in [0.29, 0.717) is 24.4 Å². The summed E-state index contributed by atoms with van der Waals surface area (Å²) in [7, 11) is 1.53. The molecule has 0 aliphatic rings. The van der Waals surface area contributed by atoms with Gasteiger partial charge in [-0.15, -0.1) is 0 Å². The maximum atomic E-state index is 9.19. The number of nitrogens with one attached hydrogen (secondary N) is 1. The van der Waals surface area contributed by atoms with Crippen LogP contribution in [0.4, 0.5) is 0 Å². The monoisotopic (exact) mass is 281 g/mol. The minimum Gasteiger partial charge on any atom is -0.496 e. The van der Waals surface area contributed by atoms with Crippen molar-refractivity contribution in [1.82, 2.24) is 5.32 Å². The highest BCUT2D eigenvalue weighted by Gasteiger charge is 2.15. The van der Waals surface area contributed by atoms with Gasteiger partial charge in [0, 0.05) is 25.1 Å². The lowest BCUT2D eigenvalue weighted by molar-refractivity contribution is 0.156. The van der Waals surface area contributed by atoms with E-state index in [1.165, 1.54) is 7.11 Å². The number of oxime groups is 1. The molecule has 1 rings (SSSR count). The van der Waals surface area contributed by atoms with E-state index in [2.05, 4.69) is 10.5 Å². The first-order valence-electron chi connectivity index (χ1n) is 6.40. The third kappa shape index (κ3) is 4.40. The highest BCUT2D eigenvalue weighted by molar-refractivity contribution is 5.99.